The number of aryl methyl sites for hydroxylation is 1. The van der Waals surface area contributed by atoms with E-state index >= 15 is 0 Å². The van der Waals surface area contributed by atoms with E-state index in [0.29, 0.717) is 0 Å². The zero-order chi connectivity index (χ0) is 18.2. The first-order chi connectivity index (χ1) is 12.8. The number of unbranched alkanes of at least 4 members (excludes halogenated alkanes) is 3. The van der Waals surface area contributed by atoms with Crippen LogP contribution in [0.4, 0.5) is 5.69 Å². The van der Waals surface area contributed by atoms with Crippen LogP contribution in [0, 0.1) is 6.92 Å². The van der Waals surface area contributed by atoms with Crippen LogP contribution in [0.25, 0.3) is 10.9 Å². The molecule has 2 aromatic rings. The highest BCUT2D eigenvalue weighted by Crippen LogP contribution is 2.29. The van der Waals surface area contributed by atoms with E-state index in [9.17, 15) is 0 Å². The van der Waals surface area contributed by atoms with Gasteiger partial charge in [0, 0.05) is 50.4 Å². The van der Waals surface area contributed by atoms with Gasteiger partial charge in [0.2, 0.25) is 0 Å². The number of anilines is 1. The highest BCUT2D eigenvalue weighted by molar-refractivity contribution is 5.93. The predicted octanol–water partition coefficient (Wildman–Crippen LogP) is 3.43. The van der Waals surface area contributed by atoms with E-state index in [2.05, 4.69) is 39.6 Å². The normalized spacial score (nSPS) is 15.3. The van der Waals surface area contributed by atoms with Crippen molar-refractivity contribution in [3.05, 3.63) is 30.0 Å². The monoisotopic (exact) mass is 356 g/mol. The minimum absolute atomic E-state index is 0.882. The van der Waals surface area contributed by atoms with Gasteiger partial charge in [-0.15, -0.1) is 0 Å². The van der Waals surface area contributed by atoms with E-state index in [1.54, 1.807) is 7.11 Å². The van der Waals surface area contributed by atoms with Crippen LogP contribution in [0.3, 0.4) is 0 Å². The molecule has 2 N–H and O–H groups in total. The number of nitrogens with zero attached hydrogens (tertiary/aromatic N) is 2. The molecule has 0 bridgehead atoms. The van der Waals surface area contributed by atoms with Gasteiger partial charge in [0.1, 0.15) is 5.75 Å². The van der Waals surface area contributed by atoms with Crippen LogP contribution >= 0.6 is 0 Å². The van der Waals surface area contributed by atoms with Crippen molar-refractivity contribution in [1.82, 2.24) is 15.2 Å². The molecule has 5 nitrogen and oxygen atoms in total. The third-order valence-electron chi connectivity index (χ3n) is 5.20. The van der Waals surface area contributed by atoms with Gasteiger partial charge in [0.15, 0.2) is 0 Å². The number of methoxy groups -OCH3 is 1. The number of aromatic nitrogens is 1. The van der Waals surface area contributed by atoms with E-state index in [1.165, 1.54) is 50.9 Å². The van der Waals surface area contributed by atoms with Crippen molar-refractivity contribution < 1.29 is 4.74 Å². The molecule has 0 amide bonds. The number of hydrogen-bond donors (Lipinski definition) is 2. The Morgan fingerprint density at radius 1 is 1.15 bits per heavy atom. The van der Waals surface area contributed by atoms with Gasteiger partial charge in [-0.3, -0.25) is 4.98 Å². The second-order valence-corrected chi connectivity index (χ2v) is 7.13. The fraction of sp³-hybridized carbons (Fsp3) is 0.571. The zero-order valence-corrected chi connectivity index (χ0v) is 16.2. The molecule has 1 aromatic heterocycles. The number of nitrogens with one attached hydrogen (secondary N) is 2. The molecular weight excluding hydrogens is 324 g/mol. The number of fused-ring (bicyclic) bond motifs is 1. The van der Waals surface area contributed by atoms with Gasteiger partial charge in [0.25, 0.3) is 0 Å². The van der Waals surface area contributed by atoms with Crippen LogP contribution in [0.5, 0.6) is 5.75 Å². The Hall–Kier alpha value is -1.85. The van der Waals surface area contributed by atoms with Gasteiger partial charge in [-0.2, -0.15) is 0 Å². The number of rotatable bonds is 9. The van der Waals surface area contributed by atoms with E-state index in [0.717, 1.165) is 42.0 Å². The first-order valence-corrected chi connectivity index (χ1v) is 9.88. The smallest absolute Gasteiger partial charge is 0.121 e. The van der Waals surface area contributed by atoms with Crippen molar-refractivity contribution in [2.75, 3.05) is 51.7 Å². The van der Waals surface area contributed by atoms with Gasteiger partial charge in [-0.1, -0.05) is 12.8 Å². The molecule has 2 heterocycles. The van der Waals surface area contributed by atoms with Gasteiger partial charge in [-0.25, -0.2) is 0 Å². The molecule has 26 heavy (non-hydrogen) atoms. The standard InChI is InChI=1S/C21H32N4O/c1-17-7-9-24-21-19(17)15-18(26-2)16-20(21)23-8-5-3-4-6-12-25-13-10-22-11-14-25/h7,9,15-16,22-23H,3-6,8,10-14H2,1-2H3. The summed E-state index contributed by atoms with van der Waals surface area (Å²) in [4.78, 5) is 7.14. The summed E-state index contributed by atoms with van der Waals surface area (Å²) in [7, 11) is 1.72. The first-order valence-electron chi connectivity index (χ1n) is 9.88. The molecule has 1 aliphatic rings. The Labute approximate surface area is 157 Å². The molecule has 1 aromatic carbocycles. The lowest BCUT2D eigenvalue weighted by Crippen LogP contribution is -2.43. The van der Waals surface area contributed by atoms with Crippen molar-refractivity contribution >= 4 is 16.6 Å². The number of piperazine rings is 1. The molecule has 1 saturated heterocycles. The van der Waals surface area contributed by atoms with Crippen molar-refractivity contribution in [2.45, 2.75) is 32.6 Å². The van der Waals surface area contributed by atoms with E-state index in [4.69, 9.17) is 4.74 Å². The number of hydrogen-bond acceptors (Lipinski definition) is 5. The van der Waals surface area contributed by atoms with Crippen LogP contribution in [-0.4, -0.2) is 56.3 Å². The Morgan fingerprint density at radius 2 is 1.96 bits per heavy atom. The van der Waals surface area contributed by atoms with Gasteiger partial charge in [0.05, 0.1) is 18.3 Å². The lowest BCUT2D eigenvalue weighted by molar-refractivity contribution is 0.236. The SMILES string of the molecule is COc1cc(NCCCCCCN2CCNCC2)c2nccc(C)c2c1. The largest absolute Gasteiger partial charge is 0.497 e. The van der Waals surface area contributed by atoms with E-state index in [-0.39, 0.29) is 0 Å². The summed E-state index contributed by atoms with van der Waals surface area (Å²) in [5.74, 6) is 0.882. The summed E-state index contributed by atoms with van der Waals surface area (Å²) in [6, 6.07) is 6.17. The molecule has 5 heteroatoms. The maximum Gasteiger partial charge on any atom is 0.121 e. The summed E-state index contributed by atoms with van der Waals surface area (Å²) in [6.45, 7) is 9.04. The number of ether oxygens (including phenoxy) is 1. The topological polar surface area (TPSA) is 49.4 Å². The van der Waals surface area contributed by atoms with Crippen molar-refractivity contribution in [2.24, 2.45) is 0 Å². The molecular formula is C21H32N4O. The zero-order valence-electron chi connectivity index (χ0n) is 16.2. The molecule has 0 unspecified atom stereocenters. The fourth-order valence-corrected chi connectivity index (χ4v) is 3.59. The van der Waals surface area contributed by atoms with Crippen LogP contribution in [-0.2, 0) is 0 Å². The predicted molar refractivity (Wildman–Crippen MR) is 109 cm³/mol. The molecule has 0 atom stereocenters. The third-order valence-corrected chi connectivity index (χ3v) is 5.20. The molecule has 0 saturated carbocycles. The molecule has 0 spiro atoms. The number of pyridine rings is 1. The van der Waals surface area contributed by atoms with Crippen molar-refractivity contribution in [1.29, 1.82) is 0 Å². The average molecular weight is 357 g/mol. The highest BCUT2D eigenvalue weighted by atomic mass is 16.5. The summed E-state index contributed by atoms with van der Waals surface area (Å²) in [6.07, 6.45) is 6.95. The minimum atomic E-state index is 0.882. The molecule has 1 fully saturated rings. The van der Waals surface area contributed by atoms with E-state index < -0.39 is 0 Å². The van der Waals surface area contributed by atoms with Crippen LogP contribution in [0.2, 0.25) is 0 Å². The second kappa shape index (κ2) is 9.74. The number of benzene rings is 1. The van der Waals surface area contributed by atoms with Crippen LogP contribution in [0.15, 0.2) is 24.4 Å². The molecule has 1 aliphatic heterocycles. The lowest BCUT2D eigenvalue weighted by atomic mass is 10.1. The third kappa shape index (κ3) is 5.08. The van der Waals surface area contributed by atoms with Crippen LogP contribution in [0.1, 0.15) is 31.2 Å². The Kier molecular flexibility index (Phi) is 7.09. The van der Waals surface area contributed by atoms with Gasteiger partial charge < -0.3 is 20.3 Å². The van der Waals surface area contributed by atoms with Crippen molar-refractivity contribution in [3.63, 3.8) is 0 Å². The summed E-state index contributed by atoms with van der Waals surface area (Å²) < 4.78 is 5.46. The highest BCUT2D eigenvalue weighted by Gasteiger charge is 2.09. The Morgan fingerprint density at radius 3 is 2.77 bits per heavy atom. The summed E-state index contributed by atoms with van der Waals surface area (Å²) >= 11 is 0. The maximum atomic E-state index is 5.46. The average Bonchev–Trinajstić information content (AvgIpc) is 2.68. The molecule has 0 aliphatic carbocycles. The molecule has 3 rings (SSSR count). The van der Waals surface area contributed by atoms with Crippen LogP contribution < -0.4 is 15.4 Å². The Balaban J connectivity index is 1.43. The minimum Gasteiger partial charge on any atom is -0.497 e. The summed E-state index contributed by atoms with van der Waals surface area (Å²) in [5.41, 5.74) is 3.33. The lowest BCUT2D eigenvalue weighted by Gasteiger charge is -2.27. The maximum absolute atomic E-state index is 5.46. The quantitative estimate of drug-likeness (QED) is 0.674. The molecule has 0 radical (unpaired) electrons. The first kappa shape index (κ1) is 18.9. The second-order valence-electron chi connectivity index (χ2n) is 7.13. The van der Waals surface area contributed by atoms with Gasteiger partial charge in [-0.05, 0) is 44.0 Å². The van der Waals surface area contributed by atoms with E-state index in [1.807, 2.05) is 12.3 Å². The van der Waals surface area contributed by atoms with Crippen molar-refractivity contribution in [3.8, 4) is 5.75 Å². The summed E-state index contributed by atoms with van der Waals surface area (Å²) in [5, 5.41) is 8.14. The molecule has 142 valence electrons. The fourth-order valence-electron chi connectivity index (χ4n) is 3.59. The van der Waals surface area contributed by atoms with Gasteiger partial charge >= 0.3 is 0 Å². The Bertz CT molecular complexity index is 698.